The third kappa shape index (κ3) is 4.82. The van der Waals surface area contributed by atoms with Crippen LogP contribution in [0.3, 0.4) is 0 Å². The van der Waals surface area contributed by atoms with E-state index in [2.05, 4.69) is 200 Å². The molecule has 0 N–H and O–H groups in total. The largest absolute Gasteiger partial charge is 0.208 e. The maximum atomic E-state index is 5.42. The van der Waals surface area contributed by atoms with Gasteiger partial charge in [-0.1, -0.05) is 182 Å². The topological polar surface area (TPSA) is 38.7 Å². The molecule has 0 bridgehead atoms. The summed E-state index contributed by atoms with van der Waals surface area (Å²) in [7, 11) is 0. The smallest absolute Gasteiger partial charge is 0.164 e. The van der Waals surface area contributed by atoms with Gasteiger partial charge in [-0.2, -0.15) is 0 Å². The van der Waals surface area contributed by atoms with E-state index in [9.17, 15) is 0 Å². The highest BCUT2D eigenvalue weighted by molar-refractivity contribution is 7.25. The minimum absolute atomic E-state index is 0.543. The molecule has 0 aliphatic heterocycles. The van der Waals surface area contributed by atoms with E-state index >= 15 is 0 Å². The number of aromatic nitrogens is 3. The molecule has 58 heavy (non-hydrogen) atoms. The summed E-state index contributed by atoms with van der Waals surface area (Å²) >= 11 is 1.81. The predicted octanol–water partition coefficient (Wildman–Crippen LogP) is 13.9. The summed E-state index contributed by atoms with van der Waals surface area (Å²) in [6.45, 7) is 0. The number of hydrogen-bond acceptors (Lipinski definition) is 4. The van der Waals surface area contributed by atoms with E-state index in [0.717, 1.165) is 27.5 Å². The van der Waals surface area contributed by atoms with Gasteiger partial charge >= 0.3 is 0 Å². The molecule has 2 heterocycles. The van der Waals surface area contributed by atoms with E-state index in [4.69, 9.17) is 15.0 Å². The van der Waals surface area contributed by atoms with Crippen molar-refractivity contribution in [3.8, 4) is 45.3 Å². The van der Waals surface area contributed by atoms with Gasteiger partial charge in [-0.05, 0) is 67.7 Å². The van der Waals surface area contributed by atoms with Crippen molar-refractivity contribution in [1.29, 1.82) is 0 Å². The monoisotopic (exact) mass is 755 g/mol. The average Bonchev–Trinajstić information content (AvgIpc) is 3.83. The first-order valence-corrected chi connectivity index (χ1v) is 20.5. The Bertz CT molecular complexity index is 3370. The molecule has 12 rings (SSSR count). The molecule has 0 saturated carbocycles. The fourth-order valence-electron chi connectivity index (χ4n) is 9.56. The van der Waals surface area contributed by atoms with Gasteiger partial charge in [0.1, 0.15) is 0 Å². The summed E-state index contributed by atoms with van der Waals surface area (Å²) in [5.41, 5.74) is 9.83. The van der Waals surface area contributed by atoms with Crippen molar-refractivity contribution in [3.63, 3.8) is 0 Å². The quantitative estimate of drug-likeness (QED) is 0.164. The Hall–Kier alpha value is -7.27. The highest BCUT2D eigenvalue weighted by atomic mass is 32.1. The van der Waals surface area contributed by atoms with Crippen molar-refractivity contribution < 1.29 is 0 Å². The third-order valence-electron chi connectivity index (χ3n) is 12.0. The van der Waals surface area contributed by atoms with Crippen LogP contribution in [-0.4, -0.2) is 15.0 Å². The molecule has 1 aliphatic carbocycles. The van der Waals surface area contributed by atoms with Gasteiger partial charge in [-0.15, -0.1) is 11.3 Å². The van der Waals surface area contributed by atoms with Crippen molar-refractivity contribution in [1.82, 2.24) is 15.0 Å². The van der Waals surface area contributed by atoms with E-state index in [1.165, 1.54) is 64.3 Å². The van der Waals surface area contributed by atoms with E-state index in [1.807, 2.05) is 0 Å². The molecule has 0 radical (unpaired) electrons. The van der Waals surface area contributed by atoms with Crippen molar-refractivity contribution in [2.75, 3.05) is 0 Å². The highest BCUT2D eigenvalue weighted by Crippen LogP contribution is 2.56. The maximum absolute atomic E-state index is 5.42. The van der Waals surface area contributed by atoms with Crippen molar-refractivity contribution in [2.24, 2.45) is 0 Å². The highest BCUT2D eigenvalue weighted by Gasteiger charge is 2.46. The number of nitrogens with zero attached hydrogens (tertiary/aromatic N) is 3. The molecule has 0 amide bonds. The molecule has 4 heteroatoms. The second kappa shape index (κ2) is 12.9. The third-order valence-corrected chi connectivity index (χ3v) is 13.1. The molecule has 0 fully saturated rings. The van der Waals surface area contributed by atoms with Crippen molar-refractivity contribution in [2.45, 2.75) is 5.41 Å². The van der Waals surface area contributed by atoms with Gasteiger partial charge in [0, 0.05) is 42.2 Å². The summed E-state index contributed by atoms with van der Waals surface area (Å²) < 4.78 is 2.46. The molecule has 2 aromatic heterocycles. The SMILES string of the molecule is c1ccc(C2(c3cccc(-c4nc(-c5cccc6ccc7ccccc7c56)nc(-c5cccc6sc7ccccc7c56)n4)c3)c3ccccc3-c3ccccc32)cc1. The van der Waals surface area contributed by atoms with E-state index in [1.54, 1.807) is 11.3 Å². The summed E-state index contributed by atoms with van der Waals surface area (Å²) in [6.07, 6.45) is 0. The van der Waals surface area contributed by atoms with Crippen molar-refractivity contribution >= 4 is 53.1 Å². The molecule has 9 aromatic carbocycles. The lowest BCUT2D eigenvalue weighted by Crippen LogP contribution is -2.28. The Morgan fingerprint density at radius 3 is 1.67 bits per heavy atom. The van der Waals surface area contributed by atoms with Crippen LogP contribution in [0.25, 0.3) is 87.0 Å². The summed E-state index contributed by atoms with van der Waals surface area (Å²) in [4.78, 5) is 16.2. The van der Waals surface area contributed by atoms with Crippen LogP contribution >= 0.6 is 11.3 Å². The molecular formula is C54H33N3S. The van der Waals surface area contributed by atoms with Gasteiger partial charge in [0.05, 0.1) is 5.41 Å². The first-order valence-electron chi connectivity index (χ1n) is 19.7. The molecule has 0 spiro atoms. The lowest BCUT2D eigenvalue weighted by atomic mass is 9.67. The molecule has 270 valence electrons. The minimum Gasteiger partial charge on any atom is -0.208 e. The molecule has 3 nitrogen and oxygen atoms in total. The van der Waals surface area contributed by atoms with Gasteiger partial charge in [0.25, 0.3) is 0 Å². The van der Waals surface area contributed by atoms with Gasteiger partial charge in [-0.3, -0.25) is 0 Å². The fraction of sp³-hybridized carbons (Fsp3) is 0.0185. The summed E-state index contributed by atoms with van der Waals surface area (Å²) in [5.74, 6) is 1.95. The second-order valence-corrected chi connectivity index (χ2v) is 16.1. The molecular weight excluding hydrogens is 723 g/mol. The number of benzene rings is 9. The Morgan fingerprint density at radius 2 is 0.879 bits per heavy atom. The van der Waals surface area contributed by atoms with Crippen LogP contribution in [0.15, 0.2) is 200 Å². The van der Waals surface area contributed by atoms with Crippen LogP contribution in [0, 0.1) is 0 Å². The molecule has 0 atom stereocenters. The minimum atomic E-state index is -0.543. The first-order chi connectivity index (χ1) is 28.8. The van der Waals surface area contributed by atoms with Crippen LogP contribution in [0.4, 0.5) is 0 Å². The number of hydrogen-bond donors (Lipinski definition) is 0. The second-order valence-electron chi connectivity index (χ2n) is 15.1. The van der Waals surface area contributed by atoms with Crippen LogP contribution < -0.4 is 0 Å². The maximum Gasteiger partial charge on any atom is 0.164 e. The predicted molar refractivity (Wildman–Crippen MR) is 241 cm³/mol. The van der Waals surface area contributed by atoms with Gasteiger partial charge < -0.3 is 0 Å². The van der Waals surface area contributed by atoms with Gasteiger partial charge in [0.15, 0.2) is 17.5 Å². The van der Waals surface area contributed by atoms with Gasteiger partial charge in [-0.25, -0.2) is 15.0 Å². The van der Waals surface area contributed by atoms with E-state index in [0.29, 0.717) is 17.5 Å². The lowest BCUT2D eigenvalue weighted by Gasteiger charge is -2.34. The molecule has 0 saturated heterocycles. The zero-order valence-electron chi connectivity index (χ0n) is 31.3. The first kappa shape index (κ1) is 32.9. The van der Waals surface area contributed by atoms with Crippen LogP contribution in [0.5, 0.6) is 0 Å². The fourth-order valence-corrected chi connectivity index (χ4v) is 10.7. The summed E-state index contributed by atoms with van der Waals surface area (Å²) in [5, 5.41) is 7.03. The average molecular weight is 756 g/mol. The van der Waals surface area contributed by atoms with E-state index < -0.39 is 5.41 Å². The van der Waals surface area contributed by atoms with Gasteiger partial charge in [0.2, 0.25) is 0 Å². The van der Waals surface area contributed by atoms with Crippen LogP contribution in [-0.2, 0) is 5.41 Å². The van der Waals surface area contributed by atoms with Crippen LogP contribution in [0.2, 0.25) is 0 Å². The van der Waals surface area contributed by atoms with Crippen molar-refractivity contribution in [3.05, 3.63) is 222 Å². The zero-order valence-corrected chi connectivity index (χ0v) is 32.1. The molecule has 1 aliphatic rings. The summed E-state index contributed by atoms with van der Waals surface area (Å²) in [6, 6.07) is 72.1. The normalized spacial score (nSPS) is 13.0. The van der Waals surface area contributed by atoms with Crippen LogP contribution in [0.1, 0.15) is 22.3 Å². The Kier molecular flexibility index (Phi) is 7.31. The Labute approximate surface area is 339 Å². The van der Waals surface area contributed by atoms with E-state index in [-0.39, 0.29) is 0 Å². The number of rotatable bonds is 5. The zero-order chi connectivity index (χ0) is 38.2. The Balaban J connectivity index is 1.15. The molecule has 0 unspecified atom stereocenters. The Morgan fingerprint density at radius 1 is 0.345 bits per heavy atom. The number of thiophene rings is 1. The standard InChI is InChI=1S/C54H33N3S/c1-2-18-37(19-3-1)54(45-27-9-6-22-40(45)41-23-7-10-28-46(41)54)38-20-12-17-36(33-38)51-55-52(43-25-13-16-35-32-31-34-15-4-5-21-39(34)49(35)43)57-53(56-51)44-26-14-30-48-50(44)42-24-8-11-29-47(42)58-48/h1-33H. The lowest BCUT2D eigenvalue weighted by molar-refractivity contribution is 0.768. The molecule has 11 aromatic rings. The number of fused-ring (bicyclic) bond motifs is 9.